The molecule has 2 aliphatic heterocycles. The summed E-state index contributed by atoms with van der Waals surface area (Å²) in [6.07, 6.45) is -4.85. The smallest absolute Gasteiger partial charge is 0.391 e. The van der Waals surface area contributed by atoms with Crippen molar-refractivity contribution in [1.82, 2.24) is 41.0 Å². The number of alkyl halides is 4. The van der Waals surface area contributed by atoms with Crippen molar-refractivity contribution in [3.05, 3.63) is 123 Å². The molecule has 8 rings (SSSR count). The highest BCUT2D eigenvalue weighted by Gasteiger charge is 2.53. The van der Waals surface area contributed by atoms with Crippen molar-refractivity contribution in [3.63, 3.8) is 0 Å². The van der Waals surface area contributed by atoms with Crippen molar-refractivity contribution >= 4 is 58.2 Å². The van der Waals surface area contributed by atoms with Gasteiger partial charge in [0.25, 0.3) is 17.7 Å². The van der Waals surface area contributed by atoms with Gasteiger partial charge in [-0.2, -0.15) is 13.2 Å². The highest BCUT2D eigenvalue weighted by atomic mass is 32.1. The second-order valence-electron chi connectivity index (χ2n) is 22.9. The summed E-state index contributed by atoms with van der Waals surface area (Å²) in [4.78, 5) is 106. The Morgan fingerprint density at radius 1 is 0.867 bits per heavy atom. The third-order valence-corrected chi connectivity index (χ3v) is 16.5. The molecule has 2 aromatic heterocycles. The zero-order chi connectivity index (χ0) is 60.3. The molecule has 0 unspecified atom stereocenters. The standard InChI is InChI=1S/C59H69F5N10O8S/c1-32-28-73(29-33(2)72(32)7)46-17-15-37(23-45(46)70-53(79)41-27-67-48(76)25-42(41)59(62,63)64)40-16-14-38(22-43(40)60)52(78)66-21-9-8-20-65-49(77)26-44(35-10-12-36(13-11-35)50-34(3)68-31-83-50)69-54(80)47-24-39(75)30-74(47)55(81)51(57(4,5)6)71-56(82)58(61)18-19-58/h10-17,22-23,25,27,31-33,39,44,47,51,75H,8-9,18-21,24,26,28-30H2,1-7H3,(H,65,77)(H,66,78)(H,67,76)(H,69,80)(H,70,79)(H,71,82)/t32-,33+,39-,44+,47+,51-/m1/s1. The zero-order valence-electron chi connectivity index (χ0n) is 47.1. The van der Waals surface area contributed by atoms with Gasteiger partial charge >= 0.3 is 6.18 Å². The van der Waals surface area contributed by atoms with Crippen molar-refractivity contribution in [1.29, 1.82) is 0 Å². The molecule has 6 amide bonds. The molecule has 4 heterocycles. The summed E-state index contributed by atoms with van der Waals surface area (Å²) in [5.41, 5.74) is -1.35. The molecule has 5 aromatic rings. The number of nitrogens with one attached hydrogen (secondary N) is 6. The van der Waals surface area contributed by atoms with Crippen LogP contribution in [-0.2, 0) is 25.4 Å². The van der Waals surface area contributed by atoms with E-state index < -0.39 is 99.4 Å². The Kier molecular flexibility index (Phi) is 18.6. The van der Waals surface area contributed by atoms with Gasteiger partial charge in [0.2, 0.25) is 23.3 Å². The molecule has 0 radical (unpaired) electrons. The summed E-state index contributed by atoms with van der Waals surface area (Å²) >= 11 is 1.46. The lowest BCUT2D eigenvalue weighted by atomic mass is 9.85. The molecular weight excluding hydrogens is 1100 g/mol. The number of aryl methyl sites for hydroxylation is 1. The van der Waals surface area contributed by atoms with Crippen LogP contribution in [0.2, 0.25) is 0 Å². The highest BCUT2D eigenvalue weighted by molar-refractivity contribution is 7.13. The van der Waals surface area contributed by atoms with Crippen LogP contribution < -0.4 is 37.0 Å². The second-order valence-corrected chi connectivity index (χ2v) is 23.7. The number of β-amino-alcohol motifs (C(OH)–C–C–N with tert-alkyl or cyclic N) is 1. The van der Waals surface area contributed by atoms with Gasteiger partial charge in [0, 0.05) is 74.6 Å². The Morgan fingerprint density at radius 2 is 1.53 bits per heavy atom. The SMILES string of the molecule is Cc1ncsc1-c1ccc([C@H](CC(=O)NCCCCNC(=O)c2ccc(-c3ccc(N4C[C@@H](C)N(C)[C@@H](C)C4)c(NC(=O)c4c[nH]c(=O)cc4C(F)(F)F)c3)c(F)c2)NC(=O)[C@@H]2C[C@@H](O)CN2C(=O)[C@@H](NC(=O)C2(F)CC2)C(C)(C)C)cc1. The first-order valence-corrected chi connectivity index (χ1v) is 28.4. The monoisotopic (exact) mass is 1170 g/mol. The van der Waals surface area contributed by atoms with E-state index in [1.807, 2.05) is 44.9 Å². The molecule has 3 fully saturated rings. The van der Waals surface area contributed by atoms with Crippen LogP contribution in [0.1, 0.15) is 117 Å². The van der Waals surface area contributed by atoms with Crippen LogP contribution in [0.15, 0.2) is 83.2 Å². The number of aromatic amines is 1. The number of likely N-dealkylation sites (tertiary alicyclic amines) is 1. The number of aromatic nitrogens is 2. The largest absolute Gasteiger partial charge is 0.417 e. The fraction of sp³-hybridized carbons (Fsp3) is 0.458. The number of rotatable bonds is 19. The number of H-pyrrole nitrogens is 1. The summed E-state index contributed by atoms with van der Waals surface area (Å²) < 4.78 is 72.8. The number of halogens is 5. The van der Waals surface area contributed by atoms with E-state index in [4.69, 9.17) is 0 Å². The number of pyridine rings is 1. The highest BCUT2D eigenvalue weighted by Crippen LogP contribution is 2.41. The average molecular weight is 1170 g/mol. The van der Waals surface area contributed by atoms with Gasteiger partial charge in [0.1, 0.15) is 17.9 Å². The van der Waals surface area contributed by atoms with E-state index in [1.54, 1.807) is 50.5 Å². The lowest BCUT2D eigenvalue weighted by Crippen LogP contribution is -2.59. The van der Waals surface area contributed by atoms with E-state index in [-0.39, 0.29) is 79.8 Å². The number of hydrogen-bond donors (Lipinski definition) is 7. The van der Waals surface area contributed by atoms with Crippen LogP contribution >= 0.6 is 11.3 Å². The molecule has 7 N–H and O–H groups in total. The number of likely N-dealkylation sites (N-methyl/N-ethyl adjacent to an activating group) is 1. The van der Waals surface area contributed by atoms with Crippen molar-refractivity contribution in [2.45, 2.75) is 128 Å². The van der Waals surface area contributed by atoms with Crippen molar-refractivity contribution in [2.24, 2.45) is 5.41 Å². The van der Waals surface area contributed by atoms with Crippen LogP contribution in [0.5, 0.6) is 0 Å². The Balaban J connectivity index is 0.890. The van der Waals surface area contributed by atoms with Gasteiger partial charge in [-0.1, -0.05) is 57.2 Å². The Morgan fingerprint density at radius 3 is 2.14 bits per heavy atom. The number of amides is 6. The number of benzene rings is 3. The van der Waals surface area contributed by atoms with Crippen LogP contribution in [0.4, 0.5) is 33.3 Å². The van der Waals surface area contributed by atoms with E-state index in [9.17, 15) is 56.2 Å². The normalized spacial score (nSPS) is 19.6. The summed E-state index contributed by atoms with van der Waals surface area (Å²) in [5.74, 6) is -5.15. The first-order chi connectivity index (χ1) is 39.1. The van der Waals surface area contributed by atoms with Gasteiger partial charge in [-0.3, -0.25) is 38.5 Å². The summed E-state index contributed by atoms with van der Waals surface area (Å²) in [6, 6.07) is 12.9. The molecule has 6 atom stereocenters. The molecule has 18 nitrogen and oxygen atoms in total. The van der Waals surface area contributed by atoms with E-state index in [2.05, 4.69) is 41.5 Å². The van der Waals surface area contributed by atoms with E-state index in [1.165, 1.54) is 34.4 Å². The minimum absolute atomic E-state index is 0.00477. The van der Waals surface area contributed by atoms with Gasteiger partial charge in [0.05, 0.1) is 57.1 Å². The van der Waals surface area contributed by atoms with Crippen LogP contribution in [0.25, 0.3) is 21.6 Å². The molecule has 0 spiro atoms. The Labute approximate surface area is 481 Å². The minimum atomic E-state index is -5.02. The fourth-order valence-electron chi connectivity index (χ4n) is 10.4. The van der Waals surface area contributed by atoms with Crippen LogP contribution in [0, 0.1) is 18.2 Å². The van der Waals surface area contributed by atoms with Crippen molar-refractivity contribution in [3.8, 4) is 21.6 Å². The van der Waals surface area contributed by atoms with E-state index in [0.29, 0.717) is 49.4 Å². The Bertz CT molecular complexity index is 3300. The minimum Gasteiger partial charge on any atom is -0.391 e. The number of unbranched alkanes of at least 4 members (excludes halogenated alkanes) is 1. The fourth-order valence-corrected chi connectivity index (χ4v) is 11.2. The summed E-state index contributed by atoms with van der Waals surface area (Å²) in [7, 11) is 1.98. The maximum absolute atomic E-state index is 16.0. The molecule has 24 heteroatoms. The molecule has 3 aliphatic rings. The van der Waals surface area contributed by atoms with Gasteiger partial charge in [-0.05, 0) is 99.9 Å². The number of hydrogen-bond acceptors (Lipinski definition) is 12. The third kappa shape index (κ3) is 14.6. The first kappa shape index (κ1) is 61.5. The maximum atomic E-state index is 16.0. The van der Waals surface area contributed by atoms with Crippen molar-refractivity contribution < 1.29 is 55.8 Å². The van der Waals surface area contributed by atoms with Gasteiger partial charge in [-0.15, -0.1) is 11.3 Å². The molecule has 444 valence electrons. The molecule has 3 aromatic carbocycles. The number of thiazole rings is 1. The van der Waals surface area contributed by atoms with E-state index in [0.717, 1.165) is 22.2 Å². The first-order valence-electron chi connectivity index (χ1n) is 27.5. The van der Waals surface area contributed by atoms with Gasteiger partial charge in [0.15, 0.2) is 5.67 Å². The lowest BCUT2D eigenvalue weighted by molar-refractivity contribution is -0.145. The number of aliphatic hydroxyl groups is 1. The number of piperazine rings is 1. The van der Waals surface area contributed by atoms with Crippen molar-refractivity contribution in [2.75, 3.05) is 50.0 Å². The maximum Gasteiger partial charge on any atom is 0.417 e. The van der Waals surface area contributed by atoms with Gasteiger partial charge in [-0.25, -0.2) is 13.8 Å². The predicted octanol–water partition coefficient (Wildman–Crippen LogP) is 7.28. The topological polar surface area (TPSA) is 238 Å². The Hall–Kier alpha value is -7.57. The number of aliphatic hydroxyl groups excluding tert-OH is 1. The number of nitrogens with zero attached hydrogens (tertiary/aromatic N) is 4. The molecule has 1 aliphatic carbocycles. The molecule has 1 saturated carbocycles. The molecule has 2 saturated heterocycles. The second kappa shape index (κ2) is 25.1. The van der Waals surface area contributed by atoms with Crippen LogP contribution in [0.3, 0.4) is 0 Å². The number of anilines is 2. The van der Waals surface area contributed by atoms with Crippen LogP contribution in [-0.4, -0.2) is 136 Å². The predicted molar refractivity (Wildman–Crippen MR) is 304 cm³/mol. The molecule has 0 bridgehead atoms. The molecule has 83 heavy (non-hydrogen) atoms. The number of carbonyl (C=O) groups is 6. The van der Waals surface area contributed by atoms with E-state index >= 15 is 4.39 Å². The quantitative estimate of drug-likeness (QED) is 0.0320. The number of carbonyl (C=O) groups excluding carboxylic acids is 6. The average Bonchev–Trinajstić information content (AvgIpc) is 4.09. The lowest BCUT2D eigenvalue weighted by Gasteiger charge is -2.44. The molecular formula is C59H69F5N10O8S. The van der Waals surface area contributed by atoms with Gasteiger partial charge < -0.3 is 46.5 Å². The third-order valence-electron chi connectivity index (χ3n) is 15.5. The zero-order valence-corrected chi connectivity index (χ0v) is 48.0. The summed E-state index contributed by atoms with van der Waals surface area (Å²) in [6.45, 7) is 12.2. The summed E-state index contributed by atoms with van der Waals surface area (Å²) in [5, 5.41) is 24.5.